The van der Waals surface area contributed by atoms with Crippen LogP contribution in [0.4, 0.5) is 0 Å². The molecule has 1 unspecified atom stereocenters. The fourth-order valence-corrected chi connectivity index (χ4v) is 4.63. The molecule has 0 fully saturated rings. The third-order valence-corrected chi connectivity index (χ3v) is 8.89. The molecule has 134 valence electrons. The Kier molecular flexibility index (Phi) is 8.24. The molecule has 0 bridgehead atoms. The number of hydrogen-bond donors (Lipinski definition) is 2. The van der Waals surface area contributed by atoms with Crippen LogP contribution in [0.15, 0.2) is 29.2 Å². The summed E-state index contributed by atoms with van der Waals surface area (Å²) in [5.41, 5.74) is 0.0585. The average Bonchev–Trinajstić information content (AvgIpc) is 2.49. The van der Waals surface area contributed by atoms with Crippen LogP contribution < -0.4 is 5.32 Å². The van der Waals surface area contributed by atoms with Crippen molar-refractivity contribution < 1.29 is 23.1 Å². The number of amides is 1. The second-order valence-corrected chi connectivity index (χ2v) is 16.0. The molecule has 1 atom stereocenters. The van der Waals surface area contributed by atoms with Crippen LogP contribution in [0.3, 0.4) is 0 Å². The molecule has 6 nitrogen and oxygen atoms in total. The number of sulfone groups is 1. The number of rotatable bonds is 7. The molecule has 0 aliphatic heterocycles. The lowest BCUT2D eigenvalue weighted by Crippen LogP contribution is -2.41. The second-order valence-electron chi connectivity index (χ2n) is 4.62. The summed E-state index contributed by atoms with van der Waals surface area (Å²) in [6.07, 6.45) is 2.11. The van der Waals surface area contributed by atoms with Crippen molar-refractivity contribution in [3.8, 4) is 0 Å². The van der Waals surface area contributed by atoms with Crippen LogP contribution in [0.1, 0.15) is 16.8 Å². The van der Waals surface area contributed by atoms with Crippen LogP contribution in [0.25, 0.3) is 0 Å². The van der Waals surface area contributed by atoms with E-state index in [1.165, 1.54) is 36.0 Å². The smallest absolute Gasteiger partial charge is 0.326 e. The number of carboxylic acids is 1. The van der Waals surface area contributed by atoms with Crippen molar-refractivity contribution >= 4 is 81.3 Å². The van der Waals surface area contributed by atoms with E-state index < -0.39 is 29.2 Å². The summed E-state index contributed by atoms with van der Waals surface area (Å²) >= 11 is 10.3. The molecule has 0 aliphatic carbocycles. The van der Waals surface area contributed by atoms with E-state index in [1.54, 1.807) is 0 Å². The Balaban J connectivity index is 3.05. The monoisotopic (exact) mass is 565 g/mol. The number of carbonyl (C=O) groups excluding carboxylic acids is 1. The summed E-state index contributed by atoms with van der Waals surface area (Å²) in [6, 6.07) is 4.33. The van der Waals surface area contributed by atoms with Gasteiger partial charge in [-0.3, -0.25) is 4.79 Å². The van der Waals surface area contributed by atoms with Crippen molar-refractivity contribution in [3.63, 3.8) is 0 Å². The molecule has 1 rings (SSSR count). The fraction of sp³-hybridized carbons (Fsp3) is 0.385. The number of hydrogen-bond acceptors (Lipinski definition) is 5. The van der Waals surface area contributed by atoms with Crippen LogP contribution in [0, 0.1) is 0 Å². The minimum absolute atomic E-state index is 0.0585. The summed E-state index contributed by atoms with van der Waals surface area (Å²) in [7, 11) is -3.84. The van der Waals surface area contributed by atoms with E-state index in [9.17, 15) is 18.0 Å². The van der Waals surface area contributed by atoms with Crippen LogP contribution >= 0.6 is 59.6 Å². The average molecular weight is 568 g/mol. The van der Waals surface area contributed by atoms with Crippen molar-refractivity contribution in [2.24, 2.45) is 0 Å². The van der Waals surface area contributed by atoms with Gasteiger partial charge in [0.1, 0.15) is 6.04 Å². The van der Waals surface area contributed by atoms with Crippen molar-refractivity contribution in [1.82, 2.24) is 5.32 Å². The van der Waals surface area contributed by atoms with Gasteiger partial charge < -0.3 is 10.4 Å². The molecule has 2 N–H and O–H groups in total. The zero-order valence-corrected chi connectivity index (χ0v) is 18.7. The van der Waals surface area contributed by atoms with E-state index in [0.29, 0.717) is 5.75 Å². The zero-order chi connectivity index (χ0) is 18.5. The second kappa shape index (κ2) is 9.02. The van der Waals surface area contributed by atoms with Gasteiger partial charge in [-0.2, -0.15) is 11.8 Å². The molecule has 0 aliphatic rings. The first kappa shape index (κ1) is 21.9. The van der Waals surface area contributed by atoms with Gasteiger partial charge in [-0.1, -0.05) is 6.07 Å². The minimum atomic E-state index is -3.84. The number of halogens is 3. The molecular formula is C13H14Br3NO5S2. The predicted molar refractivity (Wildman–Crippen MR) is 105 cm³/mol. The highest BCUT2D eigenvalue weighted by Crippen LogP contribution is 2.43. The Morgan fingerprint density at radius 3 is 2.46 bits per heavy atom. The first-order valence-corrected chi connectivity index (χ1v) is 11.7. The highest BCUT2D eigenvalue weighted by atomic mass is 80.0. The minimum Gasteiger partial charge on any atom is -0.480 e. The molecule has 0 radical (unpaired) electrons. The van der Waals surface area contributed by atoms with E-state index in [0.717, 1.165) is 0 Å². The van der Waals surface area contributed by atoms with Gasteiger partial charge in [-0.05, 0) is 84.4 Å². The number of alkyl halides is 3. The molecule has 0 aromatic heterocycles. The standard InChI is InChI=1S/C13H14Br3NO5S2/c1-23-6-5-10(12(19)20)17-11(18)8-3-2-4-9(7-8)24(21,22)13(14,15)16/h2-4,7,10H,5-6H2,1H3,(H,17,18)(H,19,20). The van der Waals surface area contributed by atoms with Crippen LogP contribution in [-0.2, 0) is 14.6 Å². The number of aliphatic carboxylic acids is 1. The Bertz CT molecular complexity index is 719. The van der Waals surface area contributed by atoms with E-state index in [2.05, 4.69) is 53.1 Å². The number of thioether (sulfide) groups is 1. The summed E-state index contributed by atoms with van der Waals surface area (Å²) in [5.74, 6) is -1.21. The lowest BCUT2D eigenvalue weighted by Gasteiger charge is -2.16. The topological polar surface area (TPSA) is 101 Å². The van der Waals surface area contributed by atoms with Crippen LogP contribution in [-0.4, -0.2) is 44.9 Å². The SMILES string of the molecule is CSCCC(NC(=O)c1cccc(S(=O)(=O)C(Br)(Br)Br)c1)C(=O)O. The van der Waals surface area contributed by atoms with E-state index in [4.69, 9.17) is 5.11 Å². The lowest BCUT2D eigenvalue weighted by molar-refractivity contribution is -0.139. The quantitative estimate of drug-likeness (QED) is 0.491. The van der Waals surface area contributed by atoms with Crippen molar-refractivity contribution in [1.29, 1.82) is 0 Å². The molecule has 0 saturated heterocycles. The van der Waals surface area contributed by atoms with Gasteiger partial charge in [0.25, 0.3) is 5.91 Å². The fourth-order valence-electron chi connectivity index (χ4n) is 1.67. The summed E-state index contributed by atoms with van der Waals surface area (Å²) < 4.78 is 23.1. The molecule has 0 saturated carbocycles. The van der Waals surface area contributed by atoms with Gasteiger partial charge in [0.2, 0.25) is 11.3 Å². The maximum atomic E-state index is 12.3. The lowest BCUT2D eigenvalue weighted by atomic mass is 10.1. The Morgan fingerprint density at radius 2 is 1.96 bits per heavy atom. The van der Waals surface area contributed by atoms with Crippen LogP contribution in [0.2, 0.25) is 0 Å². The Labute approximate surface area is 169 Å². The highest BCUT2D eigenvalue weighted by Gasteiger charge is 2.37. The Hall–Kier alpha value is -0.100. The summed E-state index contributed by atoms with van der Waals surface area (Å²) in [6.45, 7) is 0. The normalized spacial score (nSPS) is 13.3. The van der Waals surface area contributed by atoms with Crippen molar-refractivity contribution in [3.05, 3.63) is 29.8 Å². The molecule has 1 aromatic rings. The first-order chi connectivity index (χ1) is 11.0. The van der Waals surface area contributed by atoms with E-state index >= 15 is 0 Å². The van der Waals surface area contributed by atoms with Gasteiger partial charge in [0, 0.05) is 5.56 Å². The number of benzene rings is 1. The largest absolute Gasteiger partial charge is 0.480 e. The summed E-state index contributed by atoms with van der Waals surface area (Å²) in [4.78, 5) is 23.3. The van der Waals surface area contributed by atoms with Crippen LogP contribution in [0.5, 0.6) is 0 Å². The third-order valence-electron chi connectivity index (χ3n) is 2.93. The van der Waals surface area contributed by atoms with Gasteiger partial charge in [-0.15, -0.1) is 0 Å². The van der Waals surface area contributed by atoms with Gasteiger partial charge in [0.15, 0.2) is 0 Å². The molecule has 0 spiro atoms. The molecule has 1 amide bonds. The van der Waals surface area contributed by atoms with E-state index in [-0.39, 0.29) is 16.9 Å². The maximum absolute atomic E-state index is 12.3. The molecule has 0 heterocycles. The third kappa shape index (κ3) is 5.72. The highest BCUT2D eigenvalue weighted by molar-refractivity contribution is 9.42. The first-order valence-electron chi connectivity index (χ1n) is 6.44. The number of carbonyl (C=O) groups is 2. The predicted octanol–water partition coefficient (Wildman–Crippen LogP) is 3.19. The molecule has 1 aromatic carbocycles. The van der Waals surface area contributed by atoms with E-state index in [1.807, 2.05) is 6.26 Å². The zero-order valence-electron chi connectivity index (χ0n) is 12.3. The maximum Gasteiger partial charge on any atom is 0.326 e. The molecule has 24 heavy (non-hydrogen) atoms. The number of nitrogens with one attached hydrogen (secondary N) is 1. The number of carboxylic acid groups (broad SMARTS) is 1. The van der Waals surface area contributed by atoms with Gasteiger partial charge >= 0.3 is 5.97 Å². The van der Waals surface area contributed by atoms with Crippen molar-refractivity contribution in [2.75, 3.05) is 12.0 Å². The molecular weight excluding hydrogens is 554 g/mol. The van der Waals surface area contributed by atoms with Gasteiger partial charge in [0.05, 0.1) is 4.90 Å². The Morgan fingerprint density at radius 1 is 1.33 bits per heavy atom. The van der Waals surface area contributed by atoms with Gasteiger partial charge in [-0.25, -0.2) is 13.2 Å². The van der Waals surface area contributed by atoms with Crippen molar-refractivity contribution in [2.45, 2.75) is 18.8 Å². The molecule has 11 heteroatoms. The summed E-state index contributed by atoms with van der Waals surface area (Å²) in [5, 5.41) is 11.6.